The second-order valence-corrected chi connectivity index (χ2v) is 6.22. The van der Waals surface area contributed by atoms with Crippen LogP contribution in [0.4, 0.5) is 0 Å². The molecule has 2 rings (SSSR count). The van der Waals surface area contributed by atoms with Gasteiger partial charge in [0.2, 0.25) is 0 Å². The molecule has 2 N–H and O–H groups in total. The van der Waals surface area contributed by atoms with Crippen molar-refractivity contribution in [2.24, 2.45) is 5.92 Å². The van der Waals surface area contributed by atoms with Crippen molar-refractivity contribution < 1.29 is 9.90 Å². The minimum Gasteiger partial charge on any atom is -0.480 e. The summed E-state index contributed by atoms with van der Waals surface area (Å²) in [7, 11) is 1.72. The van der Waals surface area contributed by atoms with E-state index in [0.717, 1.165) is 37.5 Å². The summed E-state index contributed by atoms with van der Waals surface area (Å²) >= 11 is 5.90. The summed E-state index contributed by atoms with van der Waals surface area (Å²) in [5, 5.41) is 12.8. The molecule has 0 saturated carbocycles. The van der Waals surface area contributed by atoms with E-state index in [1.165, 1.54) is 5.56 Å². The lowest BCUT2D eigenvalue weighted by molar-refractivity contribution is -0.139. The SMILES string of the molecule is CNC(CC1CCCN(Cc2ccc(Cl)cc2)C1)C(=O)O. The van der Waals surface area contributed by atoms with Gasteiger partial charge in [0.1, 0.15) is 6.04 Å². The van der Waals surface area contributed by atoms with E-state index < -0.39 is 12.0 Å². The lowest BCUT2D eigenvalue weighted by atomic mass is 9.91. The van der Waals surface area contributed by atoms with Crippen molar-refractivity contribution in [3.8, 4) is 0 Å². The van der Waals surface area contributed by atoms with Gasteiger partial charge >= 0.3 is 5.97 Å². The Balaban J connectivity index is 1.88. The van der Waals surface area contributed by atoms with Crippen molar-refractivity contribution in [2.75, 3.05) is 20.1 Å². The monoisotopic (exact) mass is 310 g/mol. The fourth-order valence-electron chi connectivity index (χ4n) is 3.01. The molecule has 1 fully saturated rings. The molecule has 4 nitrogen and oxygen atoms in total. The molecular formula is C16H23ClN2O2. The van der Waals surface area contributed by atoms with Crippen LogP contribution in [-0.2, 0) is 11.3 Å². The Labute approximate surface area is 131 Å². The summed E-state index contributed by atoms with van der Waals surface area (Å²) in [5.41, 5.74) is 1.25. The number of carbonyl (C=O) groups is 1. The first kappa shape index (κ1) is 16.3. The molecule has 0 bridgehead atoms. The topological polar surface area (TPSA) is 52.6 Å². The first-order valence-corrected chi connectivity index (χ1v) is 7.83. The molecule has 1 aliphatic rings. The number of aliphatic carboxylic acids is 1. The largest absolute Gasteiger partial charge is 0.480 e. The van der Waals surface area contributed by atoms with Gasteiger partial charge < -0.3 is 10.4 Å². The minimum absolute atomic E-state index is 0.439. The molecule has 5 heteroatoms. The molecule has 0 aromatic heterocycles. The number of likely N-dealkylation sites (tertiary alicyclic amines) is 1. The van der Waals surface area contributed by atoms with Crippen LogP contribution in [0.3, 0.4) is 0 Å². The number of hydrogen-bond donors (Lipinski definition) is 2. The number of likely N-dealkylation sites (N-methyl/N-ethyl adjacent to an activating group) is 1. The number of nitrogens with one attached hydrogen (secondary N) is 1. The fraction of sp³-hybridized carbons (Fsp3) is 0.562. The molecule has 21 heavy (non-hydrogen) atoms. The van der Waals surface area contributed by atoms with Gasteiger partial charge in [-0.3, -0.25) is 9.69 Å². The molecule has 0 amide bonds. The fourth-order valence-corrected chi connectivity index (χ4v) is 3.14. The van der Waals surface area contributed by atoms with E-state index in [1.54, 1.807) is 7.05 Å². The summed E-state index contributed by atoms with van der Waals surface area (Å²) in [6.07, 6.45) is 2.94. The Morgan fingerprint density at radius 3 is 2.81 bits per heavy atom. The van der Waals surface area contributed by atoms with E-state index in [1.807, 2.05) is 12.1 Å². The number of carboxylic acid groups (broad SMARTS) is 1. The summed E-state index contributed by atoms with van der Waals surface area (Å²) in [6, 6.07) is 7.50. The average molecular weight is 311 g/mol. The number of rotatable bonds is 6. The maximum absolute atomic E-state index is 11.1. The Bertz CT molecular complexity index is 464. The lowest BCUT2D eigenvalue weighted by Gasteiger charge is -2.33. The van der Waals surface area contributed by atoms with Crippen molar-refractivity contribution in [3.63, 3.8) is 0 Å². The van der Waals surface area contributed by atoms with Gasteiger partial charge in [0.15, 0.2) is 0 Å². The second kappa shape index (κ2) is 7.78. The third-order valence-corrected chi connectivity index (χ3v) is 4.39. The molecule has 1 saturated heterocycles. The highest BCUT2D eigenvalue weighted by Gasteiger charge is 2.25. The van der Waals surface area contributed by atoms with Gasteiger partial charge in [0.25, 0.3) is 0 Å². The lowest BCUT2D eigenvalue weighted by Crippen LogP contribution is -2.41. The van der Waals surface area contributed by atoms with Gasteiger partial charge in [-0.15, -0.1) is 0 Å². The van der Waals surface area contributed by atoms with E-state index in [0.29, 0.717) is 12.3 Å². The maximum Gasteiger partial charge on any atom is 0.320 e. The van der Waals surface area contributed by atoms with Crippen molar-refractivity contribution in [1.82, 2.24) is 10.2 Å². The molecule has 116 valence electrons. The van der Waals surface area contributed by atoms with Crippen LogP contribution < -0.4 is 5.32 Å². The molecule has 2 unspecified atom stereocenters. The first-order valence-electron chi connectivity index (χ1n) is 7.45. The quantitative estimate of drug-likeness (QED) is 0.848. The maximum atomic E-state index is 11.1. The summed E-state index contributed by atoms with van der Waals surface area (Å²) in [4.78, 5) is 13.5. The number of halogens is 1. The van der Waals surface area contributed by atoms with Crippen molar-refractivity contribution in [2.45, 2.75) is 31.8 Å². The zero-order chi connectivity index (χ0) is 15.2. The number of piperidine rings is 1. The Hall–Kier alpha value is -1.10. The van der Waals surface area contributed by atoms with Crippen molar-refractivity contribution >= 4 is 17.6 Å². The highest BCUT2D eigenvalue weighted by Crippen LogP contribution is 2.23. The molecule has 0 radical (unpaired) electrons. The van der Waals surface area contributed by atoms with Gasteiger partial charge in [0.05, 0.1) is 0 Å². The summed E-state index contributed by atoms with van der Waals surface area (Å²) in [6.45, 7) is 2.95. The molecule has 1 aromatic rings. The predicted octanol–water partition coefficient (Wildman–Crippen LogP) is 2.61. The summed E-state index contributed by atoms with van der Waals surface area (Å²) in [5.74, 6) is -0.313. The zero-order valence-electron chi connectivity index (χ0n) is 12.4. The molecular weight excluding hydrogens is 288 g/mol. The summed E-state index contributed by atoms with van der Waals surface area (Å²) < 4.78 is 0. The van der Waals surface area contributed by atoms with Crippen LogP contribution in [0, 0.1) is 5.92 Å². The van der Waals surface area contributed by atoms with Crippen LogP contribution in [0.5, 0.6) is 0 Å². The molecule has 0 spiro atoms. The van der Waals surface area contributed by atoms with E-state index in [-0.39, 0.29) is 0 Å². The Morgan fingerprint density at radius 2 is 2.19 bits per heavy atom. The molecule has 1 aromatic carbocycles. The van der Waals surface area contributed by atoms with Gasteiger partial charge in [-0.1, -0.05) is 23.7 Å². The minimum atomic E-state index is -0.757. The number of hydrogen-bond acceptors (Lipinski definition) is 3. The number of carboxylic acids is 1. The Kier molecular flexibility index (Phi) is 6.03. The standard InChI is InChI=1S/C16H23ClN2O2/c1-18-15(16(20)21)9-13-3-2-8-19(11-13)10-12-4-6-14(17)7-5-12/h4-7,13,15,18H,2-3,8-11H2,1H3,(H,20,21). The van der Waals surface area contributed by atoms with Crippen molar-refractivity contribution in [1.29, 1.82) is 0 Å². The van der Waals surface area contributed by atoms with Crippen LogP contribution in [0.15, 0.2) is 24.3 Å². The van der Waals surface area contributed by atoms with Crippen molar-refractivity contribution in [3.05, 3.63) is 34.9 Å². The number of nitrogens with zero attached hydrogens (tertiary/aromatic N) is 1. The van der Waals surface area contributed by atoms with Crippen LogP contribution in [0.25, 0.3) is 0 Å². The van der Waals surface area contributed by atoms with E-state index in [9.17, 15) is 4.79 Å². The molecule has 0 aliphatic carbocycles. The molecule has 1 aliphatic heterocycles. The van der Waals surface area contributed by atoms with E-state index >= 15 is 0 Å². The molecule has 2 atom stereocenters. The highest BCUT2D eigenvalue weighted by atomic mass is 35.5. The van der Waals surface area contributed by atoms with Gasteiger partial charge in [-0.05, 0) is 56.5 Å². The Morgan fingerprint density at radius 1 is 1.48 bits per heavy atom. The predicted molar refractivity (Wildman–Crippen MR) is 84.6 cm³/mol. The van der Waals surface area contributed by atoms with Crippen LogP contribution >= 0.6 is 11.6 Å². The third-order valence-electron chi connectivity index (χ3n) is 4.14. The van der Waals surface area contributed by atoms with E-state index in [2.05, 4.69) is 22.3 Å². The number of benzene rings is 1. The van der Waals surface area contributed by atoms with Crippen LogP contribution in [0.1, 0.15) is 24.8 Å². The van der Waals surface area contributed by atoms with Gasteiger partial charge in [-0.2, -0.15) is 0 Å². The van der Waals surface area contributed by atoms with E-state index in [4.69, 9.17) is 16.7 Å². The van der Waals surface area contributed by atoms with Crippen LogP contribution in [-0.4, -0.2) is 42.2 Å². The highest BCUT2D eigenvalue weighted by molar-refractivity contribution is 6.30. The normalized spacial score (nSPS) is 21.1. The van der Waals surface area contributed by atoms with Gasteiger partial charge in [0, 0.05) is 18.1 Å². The zero-order valence-corrected chi connectivity index (χ0v) is 13.1. The third kappa shape index (κ3) is 4.99. The smallest absolute Gasteiger partial charge is 0.320 e. The average Bonchev–Trinajstić information content (AvgIpc) is 2.47. The van der Waals surface area contributed by atoms with Gasteiger partial charge in [-0.25, -0.2) is 0 Å². The van der Waals surface area contributed by atoms with Crippen LogP contribution in [0.2, 0.25) is 5.02 Å². The second-order valence-electron chi connectivity index (χ2n) is 5.79. The first-order chi connectivity index (χ1) is 10.1. The molecule has 1 heterocycles.